The summed E-state index contributed by atoms with van der Waals surface area (Å²) in [6, 6.07) is 0. The summed E-state index contributed by atoms with van der Waals surface area (Å²) >= 11 is 0. The first kappa shape index (κ1) is 9.27. The maximum Gasteiger partial charge on any atom is 0.231 e. The van der Waals surface area contributed by atoms with E-state index in [0.717, 1.165) is 0 Å². The van der Waals surface area contributed by atoms with Crippen LogP contribution in [0.25, 0.3) is 0 Å². The zero-order valence-electron chi connectivity index (χ0n) is 5.55. The third-order valence-electron chi connectivity index (χ3n) is 0.422. The van der Waals surface area contributed by atoms with E-state index in [1.807, 2.05) is 13.8 Å². The van der Waals surface area contributed by atoms with Gasteiger partial charge in [-0.1, -0.05) is 0 Å². The Hall–Kier alpha value is 0.270. The van der Waals surface area contributed by atoms with E-state index >= 15 is 0 Å². The average molecular weight is 154 g/mol. The minimum Gasteiger partial charge on any atom is -0.231 e. The van der Waals surface area contributed by atoms with Gasteiger partial charge in [0.25, 0.3) is 0 Å². The van der Waals surface area contributed by atoms with Crippen molar-refractivity contribution in [1.29, 1.82) is 0 Å². The lowest BCUT2D eigenvalue weighted by Gasteiger charge is -1.99. The Balaban J connectivity index is 2.60. The number of hydrogen-bond acceptors (Lipinski definition) is 4. The minimum absolute atomic E-state index is 0.199. The first-order valence-electron chi connectivity index (χ1n) is 2.73. The molecule has 0 spiro atoms. The van der Waals surface area contributed by atoms with Gasteiger partial charge in [-0.05, 0) is 13.8 Å². The molecule has 9 heavy (non-hydrogen) atoms. The lowest BCUT2D eigenvalue weighted by molar-refractivity contribution is -0.245. The van der Waals surface area contributed by atoms with Gasteiger partial charge in [0.15, 0.2) is 0 Å². The summed E-state index contributed by atoms with van der Waals surface area (Å²) in [5.41, 5.74) is 0. The van der Waals surface area contributed by atoms with Gasteiger partial charge >= 0.3 is 0 Å². The van der Waals surface area contributed by atoms with Gasteiger partial charge in [-0.3, -0.25) is 0 Å². The minimum atomic E-state index is -0.199. The van der Waals surface area contributed by atoms with E-state index in [9.17, 15) is 0 Å². The van der Waals surface area contributed by atoms with Gasteiger partial charge < -0.3 is 0 Å². The topological polar surface area (TPSA) is 36.9 Å². The van der Waals surface area contributed by atoms with Gasteiger partial charge in [0, 0.05) is 0 Å². The molecule has 0 aliphatic heterocycles. The van der Waals surface area contributed by atoms with Gasteiger partial charge in [-0.25, -0.2) is 9.78 Å². The molecule has 0 amide bonds. The van der Waals surface area contributed by atoms with Crippen molar-refractivity contribution in [3.63, 3.8) is 0 Å². The fourth-order valence-electron chi connectivity index (χ4n) is 0.180. The highest BCUT2D eigenvalue weighted by Crippen LogP contribution is 2.13. The van der Waals surface area contributed by atoms with Gasteiger partial charge in [-0.2, -0.15) is 9.35 Å². The largest absolute Gasteiger partial charge is 0.231 e. The second-order valence-corrected chi connectivity index (χ2v) is 1.56. The average Bonchev–Trinajstić information content (AvgIpc) is 1.89. The summed E-state index contributed by atoms with van der Waals surface area (Å²) in [6.07, 6.45) is 0. The van der Waals surface area contributed by atoms with Gasteiger partial charge in [0.2, 0.25) is 9.03 Å². The molecule has 0 aromatic heterocycles. The molecular formula is C4H11O4P. The molecule has 56 valence electrons. The zero-order valence-corrected chi connectivity index (χ0v) is 6.55. The Morgan fingerprint density at radius 1 is 1.00 bits per heavy atom. The molecule has 5 heteroatoms. The highest BCUT2D eigenvalue weighted by molar-refractivity contribution is 7.25. The van der Waals surface area contributed by atoms with Crippen molar-refractivity contribution < 1.29 is 19.1 Å². The molecule has 0 aliphatic rings. The van der Waals surface area contributed by atoms with Crippen molar-refractivity contribution in [1.82, 2.24) is 0 Å². The van der Waals surface area contributed by atoms with Crippen LogP contribution in [0, 0.1) is 0 Å². The Morgan fingerprint density at radius 2 is 1.44 bits per heavy atom. The second-order valence-electron chi connectivity index (χ2n) is 1.06. The number of hydrogen-bond donors (Lipinski definition) is 0. The van der Waals surface area contributed by atoms with Crippen LogP contribution in [0.4, 0.5) is 0 Å². The van der Waals surface area contributed by atoms with Crippen LogP contribution < -0.4 is 0 Å². The first-order chi connectivity index (χ1) is 4.41. The zero-order chi connectivity index (χ0) is 6.95. The molecule has 0 fully saturated rings. The lowest BCUT2D eigenvalue weighted by Crippen LogP contribution is -1.87. The molecule has 4 nitrogen and oxygen atoms in total. The molecule has 0 aromatic rings. The van der Waals surface area contributed by atoms with E-state index in [-0.39, 0.29) is 9.03 Å². The molecule has 0 saturated heterocycles. The maximum absolute atomic E-state index is 4.49. The molecule has 0 atom stereocenters. The lowest BCUT2D eigenvalue weighted by atomic mass is 10.9. The van der Waals surface area contributed by atoms with Crippen molar-refractivity contribution in [2.24, 2.45) is 0 Å². The molecule has 0 saturated carbocycles. The van der Waals surface area contributed by atoms with E-state index in [0.29, 0.717) is 13.2 Å². The Morgan fingerprint density at radius 3 is 1.78 bits per heavy atom. The molecule has 0 bridgehead atoms. The maximum atomic E-state index is 4.49. The molecular weight excluding hydrogens is 143 g/mol. The Labute approximate surface area is 56.2 Å². The van der Waals surface area contributed by atoms with E-state index in [2.05, 4.69) is 19.1 Å². The number of rotatable bonds is 6. The van der Waals surface area contributed by atoms with Gasteiger partial charge in [-0.15, -0.1) is 0 Å². The van der Waals surface area contributed by atoms with Crippen LogP contribution in [0.3, 0.4) is 0 Å². The van der Waals surface area contributed by atoms with E-state index in [1.54, 1.807) is 0 Å². The van der Waals surface area contributed by atoms with E-state index < -0.39 is 0 Å². The summed E-state index contributed by atoms with van der Waals surface area (Å²) in [7, 11) is -0.199. The molecule has 0 heterocycles. The molecule has 0 N–H and O–H groups in total. The third-order valence-corrected chi connectivity index (χ3v) is 0.793. The summed E-state index contributed by atoms with van der Waals surface area (Å²) in [5, 5.41) is 0. The molecule has 0 aromatic carbocycles. The normalized spacial score (nSPS) is 10.0. The standard InChI is InChI=1S/C4H11O4P/c1-3-5-7-9-8-6-4-2/h9H,3-4H2,1-2H3. The van der Waals surface area contributed by atoms with Gasteiger partial charge in [0.1, 0.15) is 0 Å². The molecule has 0 aliphatic carbocycles. The van der Waals surface area contributed by atoms with Crippen molar-refractivity contribution >= 4 is 9.03 Å². The summed E-state index contributed by atoms with van der Waals surface area (Å²) in [5.74, 6) is 0. The smallest absolute Gasteiger partial charge is 0.231 e. The highest BCUT2D eigenvalue weighted by atomic mass is 31.1. The predicted molar refractivity (Wildman–Crippen MR) is 33.7 cm³/mol. The predicted octanol–water partition coefficient (Wildman–Crippen LogP) is 1.43. The van der Waals surface area contributed by atoms with Crippen LogP contribution >= 0.6 is 9.03 Å². The molecule has 0 radical (unpaired) electrons. The monoisotopic (exact) mass is 154 g/mol. The third kappa shape index (κ3) is 8.27. The van der Waals surface area contributed by atoms with Crippen LogP contribution in [0.2, 0.25) is 0 Å². The quantitative estimate of drug-likeness (QED) is 0.251. The van der Waals surface area contributed by atoms with Crippen molar-refractivity contribution in [3.05, 3.63) is 0 Å². The summed E-state index contributed by atoms with van der Waals surface area (Å²) in [4.78, 5) is 8.97. The Bertz CT molecular complexity index is 45.8. The van der Waals surface area contributed by atoms with Crippen LogP contribution in [0.5, 0.6) is 0 Å². The van der Waals surface area contributed by atoms with E-state index in [4.69, 9.17) is 0 Å². The molecule has 0 rings (SSSR count). The van der Waals surface area contributed by atoms with Crippen molar-refractivity contribution in [2.45, 2.75) is 13.8 Å². The first-order valence-corrected chi connectivity index (χ1v) is 3.55. The van der Waals surface area contributed by atoms with E-state index in [1.165, 1.54) is 0 Å². The fourth-order valence-corrected chi connectivity index (χ4v) is 0.540. The summed E-state index contributed by atoms with van der Waals surface area (Å²) < 4.78 is 8.93. The Kier molecular flexibility index (Phi) is 8.52. The van der Waals surface area contributed by atoms with Gasteiger partial charge in [0.05, 0.1) is 13.2 Å². The van der Waals surface area contributed by atoms with Crippen LogP contribution in [0.1, 0.15) is 13.8 Å². The van der Waals surface area contributed by atoms with Crippen LogP contribution in [0.15, 0.2) is 0 Å². The van der Waals surface area contributed by atoms with Crippen LogP contribution in [-0.2, 0) is 19.1 Å². The van der Waals surface area contributed by atoms with Crippen molar-refractivity contribution in [2.75, 3.05) is 13.2 Å². The fraction of sp³-hybridized carbons (Fsp3) is 1.00. The highest BCUT2D eigenvalue weighted by Gasteiger charge is 1.85. The summed E-state index contributed by atoms with van der Waals surface area (Å²) in [6.45, 7) is 4.68. The molecule has 0 unspecified atom stereocenters. The second kappa shape index (κ2) is 8.27. The van der Waals surface area contributed by atoms with Crippen LogP contribution in [-0.4, -0.2) is 13.2 Å². The van der Waals surface area contributed by atoms with Crippen molar-refractivity contribution in [3.8, 4) is 0 Å². The SMILES string of the molecule is CCOOPOOCC.